The molecule has 7 nitrogen and oxygen atoms in total. The molecule has 0 atom stereocenters. The van der Waals surface area contributed by atoms with Crippen molar-refractivity contribution in [1.82, 2.24) is 20.0 Å². The number of nitrogens with zero attached hydrogens (tertiary/aromatic N) is 3. The summed E-state index contributed by atoms with van der Waals surface area (Å²) in [5.74, 6) is -0.179. The van der Waals surface area contributed by atoms with Crippen molar-refractivity contribution in [2.24, 2.45) is 5.92 Å². The van der Waals surface area contributed by atoms with Crippen molar-refractivity contribution in [3.63, 3.8) is 0 Å². The summed E-state index contributed by atoms with van der Waals surface area (Å²) in [4.78, 5) is 41.5. The van der Waals surface area contributed by atoms with Crippen LogP contribution in [-0.2, 0) is 16.1 Å². The van der Waals surface area contributed by atoms with Gasteiger partial charge in [0.25, 0.3) is 5.91 Å². The minimum absolute atomic E-state index is 0.0417. The van der Waals surface area contributed by atoms with Gasteiger partial charge in [-0.2, -0.15) is 0 Å². The predicted molar refractivity (Wildman–Crippen MR) is 100 cm³/mol. The lowest BCUT2D eigenvalue weighted by atomic mass is 9.97. The first-order valence-electron chi connectivity index (χ1n) is 8.71. The third-order valence-corrected chi connectivity index (χ3v) is 6.05. The smallest absolute Gasteiger partial charge is 0.327 e. The van der Waals surface area contributed by atoms with Gasteiger partial charge < -0.3 is 10.2 Å². The zero-order chi connectivity index (χ0) is 18.7. The van der Waals surface area contributed by atoms with E-state index in [1.54, 1.807) is 18.4 Å². The van der Waals surface area contributed by atoms with Gasteiger partial charge in [0, 0.05) is 25.0 Å². The van der Waals surface area contributed by atoms with E-state index in [-0.39, 0.29) is 24.9 Å². The molecule has 0 bridgehead atoms. The largest absolute Gasteiger partial charge is 0.354 e. The van der Waals surface area contributed by atoms with Gasteiger partial charge in [0.05, 0.1) is 4.34 Å². The number of imide groups is 1. The molecule has 2 aliphatic rings. The van der Waals surface area contributed by atoms with Crippen molar-refractivity contribution in [2.45, 2.75) is 19.4 Å². The first-order valence-corrected chi connectivity index (χ1v) is 9.90. The number of carbonyl (C=O) groups excluding carboxylic acids is 3. The summed E-state index contributed by atoms with van der Waals surface area (Å²) in [5, 5.41) is 2.87. The first-order chi connectivity index (χ1) is 12.4. The molecule has 3 heterocycles. The van der Waals surface area contributed by atoms with Gasteiger partial charge in [0.15, 0.2) is 0 Å². The zero-order valence-electron chi connectivity index (χ0n) is 14.7. The number of amides is 4. The number of nitrogens with one attached hydrogen (secondary N) is 1. The number of carbonyl (C=O) groups is 3. The Balaban J connectivity index is 1.36. The van der Waals surface area contributed by atoms with E-state index in [9.17, 15) is 14.4 Å². The van der Waals surface area contributed by atoms with Gasteiger partial charge in [0.1, 0.15) is 13.1 Å². The maximum atomic E-state index is 12.1. The van der Waals surface area contributed by atoms with Gasteiger partial charge in [-0.05, 0) is 44.0 Å². The zero-order valence-corrected chi connectivity index (χ0v) is 16.3. The number of hydrogen-bond acceptors (Lipinski definition) is 5. The van der Waals surface area contributed by atoms with Gasteiger partial charge in [-0.15, -0.1) is 11.3 Å². The fraction of sp³-hybridized carbons (Fsp3) is 0.588. The number of piperidine rings is 1. The van der Waals surface area contributed by atoms with Crippen LogP contribution in [0.3, 0.4) is 0 Å². The highest BCUT2D eigenvalue weighted by Gasteiger charge is 2.34. The summed E-state index contributed by atoms with van der Waals surface area (Å²) in [7, 11) is 1.55. The Bertz CT molecular complexity index is 687. The monoisotopic (exact) mass is 398 g/mol. The van der Waals surface area contributed by atoms with Crippen LogP contribution in [0, 0.1) is 5.92 Å². The number of thiophene rings is 1. The van der Waals surface area contributed by atoms with Crippen LogP contribution in [0.15, 0.2) is 12.1 Å². The summed E-state index contributed by atoms with van der Waals surface area (Å²) in [6.07, 6.45) is 2.04. The second-order valence-electron chi connectivity index (χ2n) is 6.85. The minimum Gasteiger partial charge on any atom is -0.354 e. The molecule has 142 valence electrons. The second-order valence-corrected chi connectivity index (χ2v) is 8.65. The van der Waals surface area contributed by atoms with Crippen molar-refractivity contribution in [3.05, 3.63) is 21.3 Å². The molecule has 0 unspecified atom stereocenters. The van der Waals surface area contributed by atoms with E-state index in [2.05, 4.69) is 16.3 Å². The Morgan fingerprint density at radius 3 is 2.62 bits per heavy atom. The van der Waals surface area contributed by atoms with Crippen LogP contribution in [0.5, 0.6) is 0 Å². The number of rotatable bonds is 6. The van der Waals surface area contributed by atoms with E-state index in [0.29, 0.717) is 12.5 Å². The van der Waals surface area contributed by atoms with Gasteiger partial charge >= 0.3 is 6.03 Å². The van der Waals surface area contributed by atoms with Crippen LogP contribution >= 0.6 is 22.9 Å². The molecule has 2 aliphatic heterocycles. The molecule has 0 aromatic carbocycles. The van der Waals surface area contributed by atoms with E-state index in [0.717, 1.165) is 41.7 Å². The van der Waals surface area contributed by atoms with Crippen molar-refractivity contribution < 1.29 is 14.4 Å². The first kappa shape index (κ1) is 19.1. The highest BCUT2D eigenvalue weighted by Crippen LogP contribution is 2.25. The molecule has 2 fully saturated rings. The second kappa shape index (κ2) is 8.37. The third kappa shape index (κ3) is 4.75. The standard InChI is InChI=1S/C17H23ClN4O3S/c1-20-11-16(24)22(17(20)25)10-15(23)19-8-12-4-6-21(7-5-12)9-13-2-3-14(18)26-13/h2-3,12H,4-11H2,1H3,(H,19,23). The highest BCUT2D eigenvalue weighted by molar-refractivity contribution is 7.16. The topological polar surface area (TPSA) is 73.0 Å². The average Bonchev–Trinajstić information content (AvgIpc) is 3.12. The number of likely N-dealkylation sites (tertiary alicyclic amines) is 1. The Kier molecular flexibility index (Phi) is 6.16. The van der Waals surface area contributed by atoms with Crippen LogP contribution in [0.25, 0.3) is 0 Å². The Hall–Kier alpha value is -1.64. The van der Waals surface area contributed by atoms with E-state index >= 15 is 0 Å². The molecule has 0 aliphatic carbocycles. The lowest BCUT2D eigenvalue weighted by Crippen LogP contribution is -2.43. The molecule has 1 N–H and O–H groups in total. The molecule has 0 spiro atoms. The SMILES string of the molecule is CN1CC(=O)N(CC(=O)NCC2CCN(Cc3ccc(Cl)s3)CC2)C1=O. The maximum absolute atomic E-state index is 12.1. The lowest BCUT2D eigenvalue weighted by Gasteiger charge is -2.31. The Morgan fingerprint density at radius 2 is 2.04 bits per heavy atom. The van der Waals surface area contributed by atoms with E-state index in [1.165, 1.54) is 9.78 Å². The van der Waals surface area contributed by atoms with E-state index in [1.807, 2.05) is 6.07 Å². The number of urea groups is 1. The summed E-state index contributed by atoms with van der Waals surface area (Å²) in [6.45, 7) is 3.33. The number of halogens is 1. The van der Waals surface area contributed by atoms with E-state index < -0.39 is 6.03 Å². The molecule has 3 rings (SSSR count). The van der Waals surface area contributed by atoms with Crippen LogP contribution in [-0.4, -0.2) is 72.3 Å². The Labute approximate surface area is 161 Å². The van der Waals surface area contributed by atoms with E-state index in [4.69, 9.17) is 11.6 Å². The average molecular weight is 399 g/mol. The fourth-order valence-electron chi connectivity index (χ4n) is 3.29. The molecular formula is C17H23ClN4O3S. The summed E-state index contributed by atoms with van der Waals surface area (Å²) in [6, 6.07) is 3.59. The van der Waals surface area contributed by atoms with Crippen molar-refractivity contribution in [2.75, 3.05) is 39.8 Å². The lowest BCUT2D eigenvalue weighted by molar-refractivity contribution is -0.130. The summed E-state index contributed by atoms with van der Waals surface area (Å²) >= 11 is 7.59. The quantitative estimate of drug-likeness (QED) is 0.739. The van der Waals surface area contributed by atoms with Crippen LogP contribution in [0.1, 0.15) is 17.7 Å². The van der Waals surface area contributed by atoms with Crippen molar-refractivity contribution in [1.29, 1.82) is 0 Å². The summed E-state index contributed by atoms with van der Waals surface area (Å²) < 4.78 is 0.818. The molecule has 9 heteroatoms. The van der Waals surface area contributed by atoms with Crippen LogP contribution in [0.4, 0.5) is 4.79 Å². The highest BCUT2D eigenvalue weighted by atomic mass is 35.5. The van der Waals surface area contributed by atoms with Gasteiger partial charge in [0.2, 0.25) is 5.91 Å². The van der Waals surface area contributed by atoms with Gasteiger partial charge in [-0.3, -0.25) is 19.4 Å². The maximum Gasteiger partial charge on any atom is 0.327 e. The van der Waals surface area contributed by atoms with Crippen molar-refractivity contribution >= 4 is 40.8 Å². The van der Waals surface area contributed by atoms with Crippen LogP contribution in [0.2, 0.25) is 4.34 Å². The van der Waals surface area contributed by atoms with Gasteiger partial charge in [-0.25, -0.2) is 4.79 Å². The Morgan fingerprint density at radius 1 is 1.31 bits per heavy atom. The molecule has 0 radical (unpaired) electrons. The molecule has 4 amide bonds. The summed E-state index contributed by atoms with van der Waals surface area (Å²) in [5.41, 5.74) is 0. The molecule has 1 aromatic rings. The molecule has 0 saturated carbocycles. The molecule has 1 aromatic heterocycles. The normalized spacial score (nSPS) is 19.5. The van der Waals surface area contributed by atoms with Gasteiger partial charge in [-0.1, -0.05) is 11.6 Å². The van der Waals surface area contributed by atoms with Crippen molar-refractivity contribution in [3.8, 4) is 0 Å². The third-order valence-electron chi connectivity index (χ3n) is 4.84. The predicted octanol–water partition coefficient (Wildman–Crippen LogP) is 1.62. The fourth-order valence-corrected chi connectivity index (χ4v) is 4.42. The molecule has 2 saturated heterocycles. The van der Waals surface area contributed by atoms with Crippen LogP contribution < -0.4 is 5.32 Å². The number of likely N-dealkylation sites (N-methyl/N-ethyl adjacent to an activating group) is 1. The molecule has 26 heavy (non-hydrogen) atoms. The molecular weight excluding hydrogens is 376 g/mol. The minimum atomic E-state index is -0.410. The number of hydrogen-bond donors (Lipinski definition) is 1.